The van der Waals surface area contributed by atoms with Crippen LogP contribution in [0.15, 0.2) is 36.1 Å². The Kier molecular flexibility index (Phi) is 3.33. The zero-order valence-corrected chi connectivity index (χ0v) is 10.1. The van der Waals surface area contributed by atoms with E-state index in [1.807, 2.05) is 0 Å². The number of amides is 2. The fourth-order valence-electron chi connectivity index (χ4n) is 1.79. The average molecular weight is 261 g/mol. The molecule has 1 aromatic carbocycles. The molecule has 2 amide bonds. The molecule has 2 rings (SSSR count). The van der Waals surface area contributed by atoms with Gasteiger partial charge in [0.05, 0.1) is 30.9 Å². The number of ether oxygens (including phenoxy) is 1. The number of rotatable bonds is 3. The predicted molar refractivity (Wildman–Crippen MR) is 64.5 cm³/mol. The van der Waals surface area contributed by atoms with Gasteiger partial charge in [-0.05, 0) is 12.1 Å². The topological polar surface area (TPSA) is 83.9 Å². The quantitative estimate of drug-likeness (QED) is 0.378. The minimum absolute atomic E-state index is 0.290. The van der Waals surface area contributed by atoms with Crippen LogP contribution in [0.3, 0.4) is 0 Å². The van der Waals surface area contributed by atoms with Crippen molar-refractivity contribution >= 4 is 17.8 Å². The molecule has 1 aromatic rings. The van der Waals surface area contributed by atoms with Gasteiger partial charge in [0.2, 0.25) is 0 Å². The normalized spacial score (nSPS) is 14.6. The Morgan fingerprint density at radius 2 is 1.79 bits per heavy atom. The average Bonchev–Trinajstić information content (AvgIpc) is 2.64. The SMILES string of the molecule is COC(=O)/C=C(\O)CN1C(=O)c2ccccc2C1=O. The highest BCUT2D eigenvalue weighted by Gasteiger charge is 2.35. The summed E-state index contributed by atoms with van der Waals surface area (Å²) in [4.78, 5) is 35.7. The maximum absolute atomic E-state index is 11.9. The molecule has 0 saturated heterocycles. The molecular formula is C13H11NO5. The maximum atomic E-state index is 11.9. The summed E-state index contributed by atoms with van der Waals surface area (Å²) in [6.07, 6.45) is 0.823. The van der Waals surface area contributed by atoms with Gasteiger partial charge >= 0.3 is 5.97 Å². The third kappa shape index (κ3) is 2.33. The minimum atomic E-state index is -0.755. The van der Waals surface area contributed by atoms with Crippen molar-refractivity contribution in [1.29, 1.82) is 0 Å². The van der Waals surface area contributed by atoms with Crippen molar-refractivity contribution in [2.75, 3.05) is 13.7 Å². The zero-order chi connectivity index (χ0) is 14.0. The first kappa shape index (κ1) is 12.8. The van der Waals surface area contributed by atoms with E-state index in [1.54, 1.807) is 12.1 Å². The van der Waals surface area contributed by atoms with Crippen LogP contribution in [0.2, 0.25) is 0 Å². The van der Waals surface area contributed by atoms with Gasteiger partial charge in [-0.25, -0.2) is 4.79 Å². The molecule has 0 unspecified atom stereocenters. The molecule has 0 aliphatic carbocycles. The number of methoxy groups -OCH3 is 1. The number of nitrogens with zero attached hydrogens (tertiary/aromatic N) is 1. The van der Waals surface area contributed by atoms with Crippen LogP contribution < -0.4 is 0 Å². The van der Waals surface area contributed by atoms with Gasteiger partial charge in [-0.1, -0.05) is 12.1 Å². The van der Waals surface area contributed by atoms with E-state index in [0.29, 0.717) is 11.1 Å². The number of carbonyl (C=O) groups is 3. The highest BCUT2D eigenvalue weighted by molar-refractivity contribution is 6.21. The number of hydrogen-bond donors (Lipinski definition) is 1. The molecule has 0 bridgehead atoms. The second-order valence-electron chi connectivity index (χ2n) is 3.90. The fourth-order valence-corrected chi connectivity index (χ4v) is 1.79. The van der Waals surface area contributed by atoms with Gasteiger partial charge in [-0.2, -0.15) is 0 Å². The number of carbonyl (C=O) groups excluding carboxylic acids is 3. The number of aliphatic hydroxyl groups is 1. The summed E-state index contributed by atoms with van der Waals surface area (Å²) in [5.74, 6) is -2.16. The van der Waals surface area contributed by atoms with Crippen LogP contribution in [-0.2, 0) is 9.53 Å². The smallest absolute Gasteiger partial charge is 0.333 e. The van der Waals surface area contributed by atoms with E-state index in [2.05, 4.69) is 4.74 Å². The molecule has 0 aromatic heterocycles. The van der Waals surface area contributed by atoms with Crippen molar-refractivity contribution in [3.05, 3.63) is 47.2 Å². The van der Waals surface area contributed by atoms with E-state index in [9.17, 15) is 19.5 Å². The number of hydrogen-bond acceptors (Lipinski definition) is 5. The molecule has 1 N–H and O–H groups in total. The van der Waals surface area contributed by atoms with E-state index in [1.165, 1.54) is 12.1 Å². The van der Waals surface area contributed by atoms with Crippen LogP contribution in [0.4, 0.5) is 0 Å². The molecule has 1 heterocycles. The van der Waals surface area contributed by atoms with Gasteiger partial charge in [0.25, 0.3) is 11.8 Å². The number of esters is 1. The lowest BCUT2D eigenvalue weighted by atomic mass is 10.1. The van der Waals surface area contributed by atoms with Gasteiger partial charge in [0.15, 0.2) is 0 Å². The van der Waals surface area contributed by atoms with Crippen LogP contribution in [0.5, 0.6) is 0 Å². The molecule has 98 valence electrons. The molecule has 19 heavy (non-hydrogen) atoms. The lowest BCUT2D eigenvalue weighted by molar-refractivity contribution is -0.135. The Morgan fingerprint density at radius 3 is 2.26 bits per heavy atom. The van der Waals surface area contributed by atoms with Crippen LogP contribution in [0, 0.1) is 0 Å². The van der Waals surface area contributed by atoms with E-state index in [-0.39, 0.29) is 6.54 Å². The van der Waals surface area contributed by atoms with Gasteiger partial charge in [-0.15, -0.1) is 0 Å². The fraction of sp³-hybridized carbons (Fsp3) is 0.154. The Morgan fingerprint density at radius 1 is 1.26 bits per heavy atom. The molecule has 1 aliphatic rings. The standard InChI is InChI=1S/C13H11NO5/c1-19-11(16)6-8(15)7-14-12(17)9-4-2-3-5-10(9)13(14)18/h2-6,15H,7H2,1H3/b8-6-. The zero-order valence-electron chi connectivity index (χ0n) is 10.1. The van der Waals surface area contributed by atoms with Crippen LogP contribution in [0.25, 0.3) is 0 Å². The van der Waals surface area contributed by atoms with Crippen molar-refractivity contribution in [1.82, 2.24) is 4.90 Å². The van der Waals surface area contributed by atoms with Crippen molar-refractivity contribution in [2.45, 2.75) is 0 Å². The third-order valence-electron chi connectivity index (χ3n) is 2.68. The molecule has 0 fully saturated rings. The van der Waals surface area contributed by atoms with Crippen LogP contribution in [0.1, 0.15) is 20.7 Å². The first-order valence-electron chi connectivity index (χ1n) is 5.47. The molecule has 0 saturated carbocycles. The number of benzene rings is 1. The Balaban J connectivity index is 2.21. The summed E-state index contributed by atoms with van der Waals surface area (Å²) in [5, 5.41) is 9.54. The van der Waals surface area contributed by atoms with E-state index < -0.39 is 23.5 Å². The van der Waals surface area contributed by atoms with Crippen molar-refractivity contribution in [3.8, 4) is 0 Å². The largest absolute Gasteiger partial charge is 0.510 e. The summed E-state index contributed by atoms with van der Waals surface area (Å²) < 4.78 is 4.34. The first-order chi connectivity index (χ1) is 9.04. The summed E-state index contributed by atoms with van der Waals surface area (Å²) >= 11 is 0. The molecule has 6 nitrogen and oxygen atoms in total. The lowest BCUT2D eigenvalue weighted by Gasteiger charge is -2.12. The van der Waals surface area contributed by atoms with Gasteiger partial charge < -0.3 is 9.84 Å². The maximum Gasteiger partial charge on any atom is 0.333 e. The van der Waals surface area contributed by atoms with Crippen molar-refractivity contribution in [2.24, 2.45) is 0 Å². The third-order valence-corrected chi connectivity index (χ3v) is 2.68. The number of aliphatic hydroxyl groups excluding tert-OH is 1. The molecule has 6 heteroatoms. The number of fused-ring (bicyclic) bond motifs is 1. The number of imide groups is 1. The lowest BCUT2D eigenvalue weighted by Crippen LogP contribution is -2.31. The van der Waals surface area contributed by atoms with Crippen LogP contribution >= 0.6 is 0 Å². The predicted octanol–water partition coefficient (Wildman–Crippen LogP) is 0.898. The van der Waals surface area contributed by atoms with Gasteiger partial charge in [0, 0.05) is 0 Å². The van der Waals surface area contributed by atoms with Crippen molar-refractivity contribution in [3.63, 3.8) is 0 Å². The second kappa shape index (κ2) is 4.93. The first-order valence-corrected chi connectivity index (χ1v) is 5.47. The van der Waals surface area contributed by atoms with Gasteiger partial charge in [0.1, 0.15) is 5.76 Å². The Labute approximate surface area is 108 Å². The molecule has 0 atom stereocenters. The summed E-state index contributed by atoms with van der Waals surface area (Å²) in [6, 6.07) is 6.38. The minimum Gasteiger partial charge on any atom is -0.510 e. The molecule has 1 aliphatic heterocycles. The molecule has 0 radical (unpaired) electrons. The monoisotopic (exact) mass is 261 g/mol. The summed E-state index contributed by atoms with van der Waals surface area (Å²) in [5.41, 5.74) is 0.580. The highest BCUT2D eigenvalue weighted by Crippen LogP contribution is 2.22. The summed E-state index contributed by atoms with van der Waals surface area (Å²) in [7, 11) is 1.16. The Bertz CT molecular complexity index is 555. The summed E-state index contributed by atoms with van der Waals surface area (Å²) in [6.45, 7) is -0.360. The molecule has 0 spiro atoms. The van der Waals surface area contributed by atoms with Crippen molar-refractivity contribution < 1.29 is 24.2 Å². The van der Waals surface area contributed by atoms with E-state index in [0.717, 1.165) is 18.1 Å². The molecular weight excluding hydrogens is 250 g/mol. The Hall–Kier alpha value is -2.63. The van der Waals surface area contributed by atoms with Gasteiger partial charge in [-0.3, -0.25) is 14.5 Å². The van der Waals surface area contributed by atoms with Crippen LogP contribution in [-0.4, -0.2) is 41.4 Å². The van der Waals surface area contributed by atoms with E-state index in [4.69, 9.17) is 0 Å². The highest BCUT2D eigenvalue weighted by atomic mass is 16.5. The van der Waals surface area contributed by atoms with E-state index >= 15 is 0 Å². The second-order valence-corrected chi connectivity index (χ2v) is 3.90.